The average Bonchev–Trinajstić information content (AvgIpc) is 2.84. The lowest BCUT2D eigenvalue weighted by atomic mass is 10.1. The van der Waals surface area contributed by atoms with E-state index in [1.54, 1.807) is 17.5 Å². The van der Waals surface area contributed by atoms with Crippen LogP contribution in [0.5, 0.6) is 0 Å². The van der Waals surface area contributed by atoms with Gasteiger partial charge < -0.3 is 10.2 Å². The van der Waals surface area contributed by atoms with Gasteiger partial charge >= 0.3 is 0 Å². The molecule has 1 amide bonds. The number of carbonyl (C=O) groups excluding carboxylic acids is 1. The number of pyridine rings is 1. The Morgan fingerprint density at radius 3 is 2.96 bits per heavy atom. The Bertz CT molecular complexity index is 633. The summed E-state index contributed by atoms with van der Waals surface area (Å²) in [6.07, 6.45) is 4.96. The van der Waals surface area contributed by atoms with Gasteiger partial charge in [-0.25, -0.2) is 0 Å². The van der Waals surface area contributed by atoms with Crippen molar-refractivity contribution in [3.05, 3.63) is 52.0 Å². The van der Waals surface area contributed by atoms with Crippen molar-refractivity contribution >= 4 is 17.2 Å². The highest BCUT2D eigenvalue weighted by Crippen LogP contribution is 2.23. The van der Waals surface area contributed by atoms with Crippen molar-refractivity contribution in [3.63, 3.8) is 0 Å². The van der Waals surface area contributed by atoms with E-state index in [-0.39, 0.29) is 11.9 Å². The van der Waals surface area contributed by atoms with Crippen molar-refractivity contribution in [1.29, 1.82) is 0 Å². The number of carbonyl (C=O) groups is 1. The Morgan fingerprint density at radius 1 is 1.30 bits per heavy atom. The normalized spacial score (nSPS) is 18.4. The highest BCUT2D eigenvalue weighted by atomic mass is 32.1. The van der Waals surface area contributed by atoms with Gasteiger partial charge in [0.25, 0.3) is 5.91 Å². The van der Waals surface area contributed by atoms with Gasteiger partial charge in [0, 0.05) is 17.1 Å². The lowest BCUT2D eigenvalue weighted by molar-refractivity contribution is 0.0647. The zero-order valence-corrected chi connectivity index (χ0v) is 14.3. The molecule has 4 nitrogen and oxygen atoms in total. The van der Waals surface area contributed by atoms with E-state index >= 15 is 0 Å². The van der Waals surface area contributed by atoms with Gasteiger partial charge in [-0.1, -0.05) is 6.07 Å². The van der Waals surface area contributed by atoms with E-state index in [2.05, 4.69) is 10.3 Å². The number of nitrogens with one attached hydrogen (secondary N) is 1. The first-order chi connectivity index (χ1) is 11.2. The fourth-order valence-corrected chi connectivity index (χ4v) is 3.86. The quantitative estimate of drug-likeness (QED) is 0.936. The summed E-state index contributed by atoms with van der Waals surface area (Å²) in [6, 6.07) is 10.1. The van der Waals surface area contributed by atoms with Crippen LogP contribution in [0.1, 0.15) is 39.5 Å². The van der Waals surface area contributed by atoms with E-state index in [0.29, 0.717) is 6.54 Å². The fraction of sp³-hybridized carbons (Fsp3) is 0.444. The molecule has 1 fully saturated rings. The van der Waals surface area contributed by atoms with Crippen LogP contribution in [0, 0.1) is 6.92 Å². The molecule has 122 valence electrons. The first-order valence-electron chi connectivity index (χ1n) is 8.22. The highest BCUT2D eigenvalue weighted by molar-refractivity contribution is 7.13. The number of amides is 1. The maximum Gasteiger partial charge on any atom is 0.264 e. The number of thiophene rings is 1. The van der Waals surface area contributed by atoms with Crippen LogP contribution in [0.3, 0.4) is 0 Å². The molecule has 1 N–H and O–H groups in total. The molecule has 0 bridgehead atoms. The van der Waals surface area contributed by atoms with Crippen LogP contribution in [-0.4, -0.2) is 34.9 Å². The minimum Gasteiger partial charge on any atom is -0.329 e. The summed E-state index contributed by atoms with van der Waals surface area (Å²) in [5.74, 6) is 0.139. The van der Waals surface area contributed by atoms with Crippen LogP contribution in [0.2, 0.25) is 0 Å². The largest absolute Gasteiger partial charge is 0.329 e. The Balaban J connectivity index is 1.84. The van der Waals surface area contributed by atoms with Crippen molar-refractivity contribution in [2.24, 2.45) is 0 Å². The molecule has 2 aromatic rings. The molecular formula is C18H23N3OS. The number of hydrogen-bond donors (Lipinski definition) is 1. The second-order valence-corrected chi connectivity index (χ2v) is 7.29. The number of aromatic nitrogens is 1. The Morgan fingerprint density at radius 2 is 2.22 bits per heavy atom. The molecule has 5 heteroatoms. The lowest BCUT2D eigenvalue weighted by Crippen LogP contribution is -2.40. The molecule has 0 saturated carbocycles. The van der Waals surface area contributed by atoms with E-state index in [0.717, 1.165) is 42.9 Å². The van der Waals surface area contributed by atoms with Gasteiger partial charge in [0.2, 0.25) is 0 Å². The monoisotopic (exact) mass is 329 g/mol. The summed E-state index contributed by atoms with van der Waals surface area (Å²) in [4.78, 5) is 21.5. The minimum atomic E-state index is 0.139. The summed E-state index contributed by atoms with van der Waals surface area (Å²) in [6.45, 7) is 4.64. The SMILES string of the molecule is Cc1ccc(C(=O)N(Cc2ccccn2)C2CCCNCC2)s1. The number of hydrogen-bond acceptors (Lipinski definition) is 4. The lowest BCUT2D eigenvalue weighted by Gasteiger charge is -2.30. The molecule has 0 radical (unpaired) electrons. The van der Waals surface area contributed by atoms with Gasteiger partial charge in [-0.05, 0) is 63.5 Å². The van der Waals surface area contributed by atoms with Crippen LogP contribution in [-0.2, 0) is 6.54 Å². The van der Waals surface area contributed by atoms with Crippen LogP contribution >= 0.6 is 11.3 Å². The van der Waals surface area contributed by atoms with Crippen LogP contribution in [0.4, 0.5) is 0 Å². The maximum absolute atomic E-state index is 13.1. The van der Waals surface area contributed by atoms with E-state index in [4.69, 9.17) is 0 Å². The molecule has 3 heterocycles. The van der Waals surface area contributed by atoms with Gasteiger partial charge in [-0.3, -0.25) is 9.78 Å². The minimum absolute atomic E-state index is 0.139. The highest BCUT2D eigenvalue weighted by Gasteiger charge is 2.26. The predicted octanol–water partition coefficient (Wildman–Crippen LogP) is 3.24. The standard InChI is InChI=1S/C18H23N3OS/c1-14-7-8-17(23-14)18(22)21(13-15-5-2-3-11-20-15)16-6-4-10-19-12-9-16/h2-3,5,7-8,11,16,19H,4,6,9-10,12-13H2,1H3. The summed E-state index contributed by atoms with van der Waals surface area (Å²) >= 11 is 1.58. The van der Waals surface area contributed by atoms with E-state index < -0.39 is 0 Å². The van der Waals surface area contributed by atoms with Crippen molar-refractivity contribution in [1.82, 2.24) is 15.2 Å². The summed E-state index contributed by atoms with van der Waals surface area (Å²) < 4.78 is 0. The van der Waals surface area contributed by atoms with E-state index in [1.165, 1.54) is 4.88 Å². The molecule has 1 saturated heterocycles. The van der Waals surface area contributed by atoms with Crippen molar-refractivity contribution in [2.45, 2.75) is 38.8 Å². The number of aryl methyl sites for hydroxylation is 1. The van der Waals surface area contributed by atoms with Gasteiger partial charge in [-0.2, -0.15) is 0 Å². The second kappa shape index (κ2) is 7.70. The first kappa shape index (κ1) is 16.1. The molecule has 1 unspecified atom stereocenters. The average molecular weight is 329 g/mol. The van der Waals surface area contributed by atoms with Gasteiger partial charge in [0.15, 0.2) is 0 Å². The van der Waals surface area contributed by atoms with Crippen LogP contribution in [0.15, 0.2) is 36.5 Å². The van der Waals surface area contributed by atoms with Crippen molar-refractivity contribution in [2.75, 3.05) is 13.1 Å². The molecule has 23 heavy (non-hydrogen) atoms. The second-order valence-electron chi connectivity index (χ2n) is 6.00. The Labute approximate surface area is 141 Å². The Kier molecular flexibility index (Phi) is 5.41. The zero-order chi connectivity index (χ0) is 16.1. The smallest absolute Gasteiger partial charge is 0.264 e. The molecule has 2 aromatic heterocycles. The van der Waals surface area contributed by atoms with Crippen molar-refractivity contribution < 1.29 is 4.79 Å². The summed E-state index contributed by atoms with van der Waals surface area (Å²) in [5, 5.41) is 3.43. The van der Waals surface area contributed by atoms with E-state index in [9.17, 15) is 4.79 Å². The molecule has 0 aliphatic carbocycles. The molecule has 1 aliphatic rings. The topological polar surface area (TPSA) is 45.2 Å². The third-order valence-corrected chi connectivity index (χ3v) is 5.25. The maximum atomic E-state index is 13.1. The zero-order valence-electron chi connectivity index (χ0n) is 13.5. The molecule has 3 rings (SSSR count). The van der Waals surface area contributed by atoms with Crippen LogP contribution < -0.4 is 5.32 Å². The fourth-order valence-electron chi connectivity index (χ4n) is 3.04. The molecule has 1 aliphatic heterocycles. The first-order valence-corrected chi connectivity index (χ1v) is 9.04. The number of nitrogens with zero attached hydrogens (tertiary/aromatic N) is 2. The Hall–Kier alpha value is -1.72. The molecule has 1 atom stereocenters. The molecule has 0 spiro atoms. The third-order valence-electron chi connectivity index (χ3n) is 4.26. The predicted molar refractivity (Wildman–Crippen MR) is 93.7 cm³/mol. The summed E-state index contributed by atoms with van der Waals surface area (Å²) in [7, 11) is 0. The molecule has 0 aromatic carbocycles. The van der Waals surface area contributed by atoms with Gasteiger partial charge in [-0.15, -0.1) is 11.3 Å². The number of rotatable bonds is 4. The van der Waals surface area contributed by atoms with Crippen molar-refractivity contribution in [3.8, 4) is 0 Å². The molecular weight excluding hydrogens is 306 g/mol. The third kappa shape index (κ3) is 4.18. The summed E-state index contributed by atoms with van der Waals surface area (Å²) in [5.41, 5.74) is 0.950. The van der Waals surface area contributed by atoms with Gasteiger partial charge in [0.1, 0.15) is 0 Å². The van der Waals surface area contributed by atoms with Gasteiger partial charge in [0.05, 0.1) is 17.1 Å². The van der Waals surface area contributed by atoms with Crippen LogP contribution in [0.25, 0.3) is 0 Å². The van der Waals surface area contributed by atoms with E-state index in [1.807, 2.05) is 42.2 Å².